The largest absolute Gasteiger partial charge is 0.394 e. The quantitative estimate of drug-likeness (QED) is 0.242. The highest BCUT2D eigenvalue weighted by Crippen LogP contribution is 2.29. The van der Waals surface area contributed by atoms with Crippen LogP contribution < -0.4 is 16.6 Å². The van der Waals surface area contributed by atoms with Gasteiger partial charge < -0.3 is 25.9 Å². The fourth-order valence-corrected chi connectivity index (χ4v) is 3.54. The van der Waals surface area contributed by atoms with Crippen molar-refractivity contribution < 1.29 is 9.84 Å². The van der Waals surface area contributed by atoms with Crippen LogP contribution in [0.15, 0.2) is 42.0 Å². The van der Waals surface area contributed by atoms with Gasteiger partial charge in [-0.3, -0.25) is 9.78 Å². The molecule has 0 aliphatic heterocycles. The van der Waals surface area contributed by atoms with E-state index in [0.29, 0.717) is 35.6 Å². The van der Waals surface area contributed by atoms with E-state index >= 15 is 0 Å². The Balaban J connectivity index is 1.99. The summed E-state index contributed by atoms with van der Waals surface area (Å²) in [5.41, 5.74) is 8.53. The minimum Gasteiger partial charge on any atom is -0.394 e. The Morgan fingerprint density at radius 1 is 1.36 bits per heavy atom. The Morgan fingerprint density at radius 2 is 2.18 bits per heavy atom. The van der Waals surface area contributed by atoms with Crippen LogP contribution in [0.3, 0.4) is 0 Å². The van der Waals surface area contributed by atoms with Crippen LogP contribution in [-0.2, 0) is 11.3 Å². The highest BCUT2D eigenvalue weighted by atomic mass is 16.5. The molecule has 9 nitrogen and oxygen atoms in total. The average molecular weight is 453 g/mol. The van der Waals surface area contributed by atoms with Crippen molar-refractivity contribution in [2.24, 2.45) is 0 Å². The number of nitrogens with two attached hydrogens (primary N) is 1. The number of rotatable bonds is 12. The van der Waals surface area contributed by atoms with E-state index in [1.54, 1.807) is 18.5 Å². The van der Waals surface area contributed by atoms with Crippen molar-refractivity contribution in [1.82, 2.24) is 19.9 Å². The van der Waals surface area contributed by atoms with Gasteiger partial charge in [0.25, 0.3) is 0 Å². The van der Waals surface area contributed by atoms with Gasteiger partial charge in [-0.2, -0.15) is 4.98 Å². The first kappa shape index (κ1) is 24.3. The Labute approximate surface area is 193 Å². The van der Waals surface area contributed by atoms with Crippen LogP contribution in [-0.4, -0.2) is 43.8 Å². The molecule has 176 valence electrons. The van der Waals surface area contributed by atoms with Crippen molar-refractivity contribution in [3.8, 4) is 11.1 Å². The number of ether oxygens (including phenoxy) is 1. The molecular formula is C24H32N6O3. The lowest BCUT2D eigenvalue weighted by Crippen LogP contribution is -2.39. The molecule has 33 heavy (non-hydrogen) atoms. The van der Waals surface area contributed by atoms with Gasteiger partial charge in [-0.1, -0.05) is 25.8 Å². The molecule has 1 unspecified atom stereocenters. The molecule has 1 atom stereocenters. The highest BCUT2D eigenvalue weighted by Gasteiger charge is 2.25. The molecule has 0 saturated heterocycles. The van der Waals surface area contributed by atoms with Gasteiger partial charge in [0.15, 0.2) is 5.82 Å². The van der Waals surface area contributed by atoms with Crippen LogP contribution in [0.2, 0.25) is 0 Å². The molecule has 3 aromatic heterocycles. The predicted octanol–water partition coefficient (Wildman–Crippen LogP) is 3.41. The summed E-state index contributed by atoms with van der Waals surface area (Å²) in [6, 6.07) is 3.35. The molecule has 3 rings (SSSR count). The smallest absolute Gasteiger partial charge is 0.248 e. The number of H-pyrrole nitrogens is 1. The van der Waals surface area contributed by atoms with E-state index in [4.69, 9.17) is 10.5 Å². The molecule has 0 aliphatic rings. The third-order valence-electron chi connectivity index (χ3n) is 5.45. The van der Waals surface area contributed by atoms with E-state index in [9.17, 15) is 9.90 Å². The first-order chi connectivity index (χ1) is 15.9. The second kappa shape index (κ2) is 11.0. The lowest BCUT2D eigenvalue weighted by atomic mass is 9.96. The summed E-state index contributed by atoms with van der Waals surface area (Å²) in [7, 11) is 0. The average Bonchev–Trinajstić information content (AvgIpc) is 2.80. The number of nitrogens with zero attached hydrogens (tertiary/aromatic N) is 3. The number of aromatic nitrogens is 4. The molecule has 0 amide bonds. The highest BCUT2D eigenvalue weighted by molar-refractivity contribution is 5.89. The summed E-state index contributed by atoms with van der Waals surface area (Å²) in [4.78, 5) is 28.0. The van der Waals surface area contributed by atoms with E-state index in [0.717, 1.165) is 36.8 Å². The molecule has 0 aromatic carbocycles. The third-order valence-corrected chi connectivity index (χ3v) is 5.45. The number of aliphatic hydroxyl groups is 1. The molecule has 3 heterocycles. The summed E-state index contributed by atoms with van der Waals surface area (Å²) in [6.45, 7) is 8.55. The van der Waals surface area contributed by atoms with Crippen LogP contribution in [0.25, 0.3) is 22.2 Å². The lowest BCUT2D eigenvalue weighted by Gasteiger charge is -2.29. The molecule has 0 spiro atoms. The summed E-state index contributed by atoms with van der Waals surface area (Å²) >= 11 is 0. The summed E-state index contributed by atoms with van der Waals surface area (Å²) in [5, 5.41) is 13.3. The van der Waals surface area contributed by atoms with Gasteiger partial charge in [0.2, 0.25) is 11.5 Å². The number of hydrogen-bond donors (Lipinski definition) is 4. The first-order valence-electron chi connectivity index (χ1n) is 11.1. The van der Waals surface area contributed by atoms with E-state index in [1.807, 2.05) is 13.0 Å². The zero-order valence-electron chi connectivity index (χ0n) is 19.2. The van der Waals surface area contributed by atoms with Gasteiger partial charge in [0, 0.05) is 29.6 Å². The molecule has 9 heteroatoms. The fraction of sp³-hybridized carbons (Fsp3) is 0.417. The Hall–Kier alpha value is -3.30. The lowest BCUT2D eigenvalue weighted by molar-refractivity contribution is 0.125. The maximum Gasteiger partial charge on any atom is 0.248 e. The second-order valence-corrected chi connectivity index (χ2v) is 8.34. The first-order valence-corrected chi connectivity index (χ1v) is 11.1. The third kappa shape index (κ3) is 6.15. The van der Waals surface area contributed by atoms with Gasteiger partial charge in [0.05, 0.1) is 30.9 Å². The normalized spacial score (nSPS) is 13.1. The topological polar surface area (TPSA) is 139 Å². The number of anilines is 2. The Morgan fingerprint density at radius 3 is 2.91 bits per heavy atom. The van der Waals surface area contributed by atoms with Gasteiger partial charge in [-0.15, -0.1) is 6.58 Å². The Kier molecular flexibility index (Phi) is 8.13. The number of hydrogen-bond acceptors (Lipinski definition) is 8. The fourth-order valence-electron chi connectivity index (χ4n) is 3.54. The number of aliphatic hydroxyl groups excluding tert-OH is 1. The number of unbranched alkanes of at least 4 members (excludes halogenated alkanes) is 1. The SMILES string of the molecule is C=CCCOCc1c[nH]c(=O)cc1-c1cnc2c(NC(C)(CO)CCCC)nc(N)nc2c1. The number of fused-ring (bicyclic) bond motifs is 1. The summed E-state index contributed by atoms with van der Waals surface area (Å²) in [5.74, 6) is 0.564. The minimum atomic E-state index is -0.563. The number of nitrogen functional groups attached to an aromatic ring is 1. The second-order valence-electron chi connectivity index (χ2n) is 8.34. The maximum absolute atomic E-state index is 12.0. The monoisotopic (exact) mass is 452 g/mol. The van der Waals surface area contributed by atoms with Gasteiger partial charge >= 0.3 is 0 Å². The molecule has 3 aromatic rings. The predicted molar refractivity (Wildman–Crippen MR) is 131 cm³/mol. The van der Waals surface area contributed by atoms with Crippen LogP contribution in [0.5, 0.6) is 0 Å². The molecule has 5 N–H and O–H groups in total. The van der Waals surface area contributed by atoms with Crippen LogP contribution in [0.1, 0.15) is 45.1 Å². The van der Waals surface area contributed by atoms with Crippen molar-refractivity contribution in [2.75, 3.05) is 24.3 Å². The minimum absolute atomic E-state index is 0.0571. The summed E-state index contributed by atoms with van der Waals surface area (Å²) in [6.07, 6.45) is 8.61. The van der Waals surface area contributed by atoms with Crippen molar-refractivity contribution >= 4 is 22.8 Å². The van der Waals surface area contributed by atoms with E-state index < -0.39 is 5.54 Å². The molecule has 0 saturated carbocycles. The van der Waals surface area contributed by atoms with Crippen molar-refractivity contribution in [2.45, 2.75) is 51.7 Å². The van der Waals surface area contributed by atoms with Gasteiger partial charge in [-0.25, -0.2) is 4.98 Å². The van der Waals surface area contributed by atoms with Crippen LogP contribution >= 0.6 is 0 Å². The number of aromatic amines is 1. The molecule has 0 bridgehead atoms. The van der Waals surface area contributed by atoms with Crippen LogP contribution in [0, 0.1) is 0 Å². The van der Waals surface area contributed by atoms with Crippen LogP contribution in [0.4, 0.5) is 11.8 Å². The molecule has 0 aliphatic carbocycles. The zero-order valence-corrected chi connectivity index (χ0v) is 19.2. The molecule has 0 radical (unpaired) electrons. The summed E-state index contributed by atoms with van der Waals surface area (Å²) < 4.78 is 5.69. The van der Waals surface area contributed by atoms with Crippen molar-refractivity contribution in [3.63, 3.8) is 0 Å². The van der Waals surface area contributed by atoms with Gasteiger partial charge in [-0.05, 0) is 31.4 Å². The maximum atomic E-state index is 12.0. The standard InChI is InChI=1S/C24H32N6O3/c1-4-6-8-24(3,15-31)30-22-21-19(28-23(25)29-22)10-16(12-27-21)18-11-20(32)26-13-17(18)14-33-9-7-5-2/h5,10-13,31H,2,4,6-9,14-15H2,1,3H3,(H,26,32)(H3,25,28,29,30). The molecular weight excluding hydrogens is 420 g/mol. The van der Waals surface area contributed by atoms with Crippen molar-refractivity contribution in [1.29, 1.82) is 0 Å². The zero-order chi connectivity index (χ0) is 23.8. The van der Waals surface area contributed by atoms with Crippen molar-refractivity contribution in [3.05, 3.63) is 53.1 Å². The van der Waals surface area contributed by atoms with E-state index in [2.05, 4.69) is 38.8 Å². The van der Waals surface area contributed by atoms with Gasteiger partial charge in [0.1, 0.15) is 5.52 Å². The Bertz CT molecular complexity index is 1160. The van der Waals surface area contributed by atoms with E-state index in [1.165, 1.54) is 6.07 Å². The number of pyridine rings is 2. The number of nitrogens with one attached hydrogen (secondary N) is 2. The van der Waals surface area contributed by atoms with E-state index in [-0.39, 0.29) is 18.1 Å². The molecule has 0 fully saturated rings.